The predicted octanol–water partition coefficient (Wildman–Crippen LogP) is -1.33. The van der Waals surface area contributed by atoms with E-state index in [-0.39, 0.29) is 17.3 Å². The normalized spacial score (nSPS) is 10.9. The number of carbonyl (C=O) groups excluding carboxylic acids is 1. The van der Waals surface area contributed by atoms with Crippen LogP contribution in [0.5, 0.6) is 0 Å². The second-order valence-electron chi connectivity index (χ2n) is 4.58. The lowest BCUT2D eigenvalue weighted by molar-refractivity contribution is -0.459. The molecule has 0 atom stereocenters. The zero-order chi connectivity index (χ0) is 12.6. The maximum atomic E-state index is 11.7. The Labute approximate surface area is 97.7 Å². The molecule has 0 radical (unpaired) electrons. The molecule has 1 amide bonds. The first kappa shape index (κ1) is 14.7. The summed E-state index contributed by atoms with van der Waals surface area (Å²) in [6.07, 6.45) is 2.70. The van der Waals surface area contributed by atoms with Crippen molar-refractivity contribution in [3.63, 3.8) is 0 Å². The molecule has 0 aliphatic rings. The number of hydrogen-bond donors (Lipinski definition) is 4. The van der Waals surface area contributed by atoms with E-state index in [1.165, 1.54) is 0 Å². The van der Waals surface area contributed by atoms with Crippen molar-refractivity contribution in [2.75, 3.05) is 13.1 Å². The van der Waals surface area contributed by atoms with Crippen molar-refractivity contribution < 1.29 is 9.79 Å². The highest BCUT2D eigenvalue weighted by atomic mass is 16.2. The molecule has 0 fully saturated rings. The molecule has 16 heavy (non-hydrogen) atoms. The highest BCUT2D eigenvalue weighted by Crippen LogP contribution is 2.19. The van der Waals surface area contributed by atoms with E-state index in [2.05, 4.69) is 10.3 Å². The maximum absolute atomic E-state index is 11.7. The summed E-state index contributed by atoms with van der Waals surface area (Å²) < 4.78 is 0. The molecule has 0 rings (SSSR count). The molecule has 0 aromatic carbocycles. The molecule has 6 N–H and O–H groups in total. The molecule has 0 aromatic heterocycles. The molecule has 0 unspecified atom stereocenters. The average molecular weight is 229 g/mol. The van der Waals surface area contributed by atoms with Crippen LogP contribution < -0.4 is 21.8 Å². The fourth-order valence-corrected chi connectivity index (χ4v) is 1.08. The van der Waals surface area contributed by atoms with Gasteiger partial charge < -0.3 is 5.32 Å². The van der Waals surface area contributed by atoms with Crippen LogP contribution >= 0.6 is 0 Å². The molecule has 0 aliphatic heterocycles. The van der Waals surface area contributed by atoms with Gasteiger partial charge in [0.15, 0.2) is 0 Å². The van der Waals surface area contributed by atoms with Crippen molar-refractivity contribution in [1.29, 1.82) is 0 Å². The minimum Gasteiger partial charge on any atom is -0.356 e. The smallest absolute Gasteiger partial charge is 0.338 e. The number of nitrogens with one attached hydrogen (secondary N) is 2. The Morgan fingerprint density at radius 2 is 1.94 bits per heavy atom. The van der Waals surface area contributed by atoms with Crippen LogP contribution in [0.4, 0.5) is 0 Å². The summed E-state index contributed by atoms with van der Waals surface area (Å²) in [5.41, 5.74) is 10.2. The third-order valence-electron chi connectivity index (χ3n) is 2.72. The van der Waals surface area contributed by atoms with Crippen molar-refractivity contribution in [3.05, 3.63) is 0 Å². The molecule has 0 aromatic rings. The molecule has 0 aliphatic carbocycles. The van der Waals surface area contributed by atoms with E-state index in [1.807, 2.05) is 20.8 Å². The standard InChI is InChI=1S/C11H24N4O/c1-4-11(2,3)9(16)14-7-5-6-8-15-10(12)13/h4-8H2,1-3H3,(H,14,16)(H4,12,13,15)/p+1. The molecule has 0 spiro atoms. The number of amides is 1. The van der Waals surface area contributed by atoms with E-state index in [4.69, 9.17) is 11.5 Å². The summed E-state index contributed by atoms with van der Waals surface area (Å²) in [6.45, 7) is 7.37. The summed E-state index contributed by atoms with van der Waals surface area (Å²) in [5, 5.41) is 2.93. The van der Waals surface area contributed by atoms with E-state index < -0.39 is 0 Å². The molecule has 0 heterocycles. The Morgan fingerprint density at radius 1 is 1.31 bits per heavy atom. The van der Waals surface area contributed by atoms with Crippen molar-refractivity contribution in [2.45, 2.75) is 40.0 Å². The highest BCUT2D eigenvalue weighted by molar-refractivity contribution is 5.81. The molecule has 0 saturated carbocycles. The van der Waals surface area contributed by atoms with Crippen LogP contribution in [-0.2, 0) is 4.79 Å². The van der Waals surface area contributed by atoms with Gasteiger partial charge in [-0.05, 0) is 19.3 Å². The lowest BCUT2D eigenvalue weighted by Crippen LogP contribution is -2.78. The summed E-state index contributed by atoms with van der Waals surface area (Å²) in [5.74, 6) is 0.365. The first-order valence-corrected chi connectivity index (χ1v) is 5.80. The summed E-state index contributed by atoms with van der Waals surface area (Å²) in [6, 6.07) is 0. The van der Waals surface area contributed by atoms with Gasteiger partial charge in [-0.1, -0.05) is 20.8 Å². The van der Waals surface area contributed by atoms with Crippen LogP contribution in [0.3, 0.4) is 0 Å². The van der Waals surface area contributed by atoms with Crippen LogP contribution in [0.15, 0.2) is 0 Å². The topological polar surface area (TPSA) is 95.1 Å². The molecule has 5 nitrogen and oxygen atoms in total. The van der Waals surface area contributed by atoms with Gasteiger partial charge >= 0.3 is 5.96 Å². The monoisotopic (exact) mass is 229 g/mol. The minimum absolute atomic E-state index is 0.118. The largest absolute Gasteiger partial charge is 0.356 e. The van der Waals surface area contributed by atoms with E-state index >= 15 is 0 Å². The third-order valence-corrected chi connectivity index (χ3v) is 2.72. The molecular weight excluding hydrogens is 204 g/mol. The highest BCUT2D eigenvalue weighted by Gasteiger charge is 2.24. The minimum atomic E-state index is -0.270. The van der Waals surface area contributed by atoms with Gasteiger partial charge in [-0.3, -0.25) is 21.3 Å². The summed E-state index contributed by atoms with van der Waals surface area (Å²) in [7, 11) is 0. The quantitative estimate of drug-likeness (QED) is 0.247. The molecule has 94 valence electrons. The number of rotatable bonds is 7. The molecular formula is C11H25N4O+. The molecule has 0 bridgehead atoms. The Morgan fingerprint density at radius 3 is 2.44 bits per heavy atom. The van der Waals surface area contributed by atoms with E-state index in [0.29, 0.717) is 6.54 Å². The number of nitrogens with two attached hydrogens (primary N) is 2. The zero-order valence-corrected chi connectivity index (χ0v) is 10.6. The zero-order valence-electron chi connectivity index (χ0n) is 10.6. The van der Waals surface area contributed by atoms with E-state index in [0.717, 1.165) is 25.8 Å². The van der Waals surface area contributed by atoms with Crippen LogP contribution in [0.2, 0.25) is 0 Å². The average Bonchev–Trinajstić information content (AvgIpc) is 2.22. The number of unbranched alkanes of at least 4 members (excludes halogenated alkanes) is 1. The fourth-order valence-electron chi connectivity index (χ4n) is 1.08. The number of guanidine groups is 1. The van der Waals surface area contributed by atoms with Gasteiger partial charge in [0.25, 0.3) is 0 Å². The predicted molar refractivity (Wildman–Crippen MR) is 65.5 cm³/mol. The van der Waals surface area contributed by atoms with E-state index in [9.17, 15) is 4.79 Å². The number of carbonyl (C=O) groups is 1. The summed E-state index contributed by atoms with van der Waals surface area (Å²) in [4.78, 5) is 14.5. The van der Waals surface area contributed by atoms with Crippen LogP contribution in [0, 0.1) is 5.41 Å². The third kappa shape index (κ3) is 6.27. The van der Waals surface area contributed by atoms with Crippen molar-refractivity contribution in [3.8, 4) is 0 Å². The lowest BCUT2D eigenvalue weighted by Gasteiger charge is -2.21. The Bertz CT molecular complexity index is 244. The van der Waals surface area contributed by atoms with Gasteiger partial charge in [-0.2, -0.15) is 0 Å². The van der Waals surface area contributed by atoms with Crippen LogP contribution in [0.25, 0.3) is 0 Å². The van der Waals surface area contributed by atoms with Gasteiger partial charge in [-0.25, -0.2) is 0 Å². The first-order chi connectivity index (χ1) is 7.40. The van der Waals surface area contributed by atoms with Gasteiger partial charge in [0.05, 0.1) is 6.54 Å². The number of hydrogen-bond acceptors (Lipinski definition) is 1. The van der Waals surface area contributed by atoms with Gasteiger partial charge in [0, 0.05) is 12.0 Å². The van der Waals surface area contributed by atoms with Gasteiger partial charge in [0.1, 0.15) is 0 Å². The summed E-state index contributed by atoms with van der Waals surface area (Å²) >= 11 is 0. The second kappa shape index (κ2) is 7.09. The fraction of sp³-hybridized carbons (Fsp3) is 0.818. The lowest BCUT2D eigenvalue weighted by atomic mass is 9.89. The van der Waals surface area contributed by atoms with Crippen molar-refractivity contribution in [2.24, 2.45) is 16.9 Å². The maximum Gasteiger partial charge on any atom is 0.338 e. The Balaban J connectivity index is 3.60. The molecule has 5 heteroatoms. The SMILES string of the molecule is CCC(C)(C)C(=O)NCCCC[NH+]=C(N)N. The second-order valence-corrected chi connectivity index (χ2v) is 4.58. The van der Waals surface area contributed by atoms with Crippen LogP contribution in [-0.4, -0.2) is 25.0 Å². The van der Waals surface area contributed by atoms with Gasteiger partial charge in [0.2, 0.25) is 5.91 Å². The van der Waals surface area contributed by atoms with Crippen molar-refractivity contribution in [1.82, 2.24) is 5.32 Å². The molecule has 0 saturated heterocycles. The van der Waals surface area contributed by atoms with Crippen molar-refractivity contribution >= 4 is 11.9 Å². The first-order valence-electron chi connectivity index (χ1n) is 5.80. The van der Waals surface area contributed by atoms with Gasteiger partial charge in [-0.15, -0.1) is 0 Å². The van der Waals surface area contributed by atoms with E-state index in [1.54, 1.807) is 0 Å². The Hall–Kier alpha value is -1.26. The van der Waals surface area contributed by atoms with Crippen LogP contribution in [0.1, 0.15) is 40.0 Å². The Kier molecular flexibility index (Phi) is 6.53.